The maximum absolute atomic E-state index is 12.4. The summed E-state index contributed by atoms with van der Waals surface area (Å²) < 4.78 is 0. The molecule has 0 radical (unpaired) electrons. The molecule has 1 saturated heterocycles. The van der Waals surface area contributed by atoms with Crippen LogP contribution in [0.15, 0.2) is 24.3 Å². The summed E-state index contributed by atoms with van der Waals surface area (Å²) in [6.07, 6.45) is 0.0592. The third-order valence-corrected chi connectivity index (χ3v) is 3.84. The zero-order valence-corrected chi connectivity index (χ0v) is 13.1. The second-order valence-corrected chi connectivity index (χ2v) is 5.34. The Labute approximate surface area is 134 Å². The third-order valence-electron chi connectivity index (χ3n) is 3.84. The Hall–Kier alpha value is -2.57. The fourth-order valence-electron chi connectivity index (χ4n) is 2.58. The van der Waals surface area contributed by atoms with Gasteiger partial charge in [-0.1, -0.05) is 18.2 Å². The summed E-state index contributed by atoms with van der Waals surface area (Å²) in [5.41, 5.74) is 0.665. The van der Waals surface area contributed by atoms with Gasteiger partial charge in [-0.05, 0) is 18.6 Å². The number of rotatable bonds is 4. The van der Waals surface area contributed by atoms with Gasteiger partial charge in [0.1, 0.15) is 0 Å². The van der Waals surface area contributed by atoms with Gasteiger partial charge in [0.25, 0.3) is 0 Å². The van der Waals surface area contributed by atoms with E-state index in [1.807, 2.05) is 6.92 Å². The smallest absolute Gasteiger partial charge is 0.335 e. The Morgan fingerprint density at radius 2 is 1.70 bits per heavy atom. The van der Waals surface area contributed by atoms with E-state index >= 15 is 0 Å². The van der Waals surface area contributed by atoms with Gasteiger partial charge < -0.3 is 20.2 Å². The topological polar surface area (TPSA) is 90.0 Å². The lowest BCUT2D eigenvalue weighted by molar-refractivity contribution is -0.131. The molecule has 0 bridgehead atoms. The zero-order valence-electron chi connectivity index (χ0n) is 13.1. The summed E-state index contributed by atoms with van der Waals surface area (Å²) in [6.45, 7) is 4.33. The van der Waals surface area contributed by atoms with E-state index in [2.05, 4.69) is 5.32 Å². The van der Waals surface area contributed by atoms with Gasteiger partial charge in [0.05, 0.1) is 12.0 Å². The van der Waals surface area contributed by atoms with Crippen molar-refractivity contribution >= 4 is 17.9 Å². The Morgan fingerprint density at radius 3 is 2.30 bits per heavy atom. The minimum absolute atomic E-state index is 0.0592. The summed E-state index contributed by atoms with van der Waals surface area (Å²) in [5, 5.41) is 11.9. The van der Waals surface area contributed by atoms with Crippen LogP contribution in [-0.4, -0.2) is 65.5 Å². The summed E-state index contributed by atoms with van der Waals surface area (Å²) >= 11 is 0. The molecule has 3 amide bonds. The number of nitrogens with one attached hydrogen (secondary N) is 1. The molecule has 0 aliphatic carbocycles. The molecule has 1 aromatic carbocycles. The van der Waals surface area contributed by atoms with Crippen LogP contribution in [0.25, 0.3) is 0 Å². The molecule has 7 nitrogen and oxygen atoms in total. The number of nitrogens with zero attached hydrogens (tertiary/aromatic N) is 2. The maximum Gasteiger partial charge on any atom is 0.335 e. The normalized spacial score (nSPS) is 14.5. The quantitative estimate of drug-likeness (QED) is 0.859. The standard InChI is InChI=1S/C16H21N3O4/c1-2-17-16(23)19-9-7-18(8-10-19)14(20)11-12-5-3-4-6-13(12)15(21)22/h3-6H,2,7-11H2,1H3,(H,17,23)(H,21,22). The highest BCUT2D eigenvalue weighted by atomic mass is 16.4. The fraction of sp³-hybridized carbons (Fsp3) is 0.438. The SMILES string of the molecule is CCNC(=O)N1CCN(C(=O)Cc2ccccc2C(=O)O)CC1. The Morgan fingerprint density at radius 1 is 1.09 bits per heavy atom. The van der Waals surface area contributed by atoms with E-state index in [0.717, 1.165) is 0 Å². The molecule has 1 aliphatic heterocycles. The van der Waals surface area contributed by atoms with Crippen molar-refractivity contribution in [1.82, 2.24) is 15.1 Å². The van der Waals surface area contributed by atoms with Gasteiger partial charge in [-0.25, -0.2) is 9.59 Å². The fourth-order valence-corrected chi connectivity index (χ4v) is 2.58. The van der Waals surface area contributed by atoms with Crippen molar-refractivity contribution < 1.29 is 19.5 Å². The molecule has 0 aromatic heterocycles. The predicted molar refractivity (Wildman–Crippen MR) is 84.3 cm³/mol. The summed E-state index contributed by atoms with van der Waals surface area (Å²) in [5.74, 6) is -1.15. The van der Waals surface area contributed by atoms with Gasteiger partial charge in [-0.2, -0.15) is 0 Å². The number of carboxylic acids is 1. The first kappa shape index (κ1) is 16.8. The lowest BCUT2D eigenvalue weighted by Gasteiger charge is -2.34. The minimum atomic E-state index is -1.03. The Bertz CT molecular complexity index is 595. The first-order chi connectivity index (χ1) is 11.0. The average Bonchev–Trinajstić information content (AvgIpc) is 2.55. The molecule has 1 aromatic rings. The minimum Gasteiger partial charge on any atom is -0.478 e. The van der Waals surface area contributed by atoms with E-state index in [9.17, 15) is 14.4 Å². The Balaban J connectivity index is 1.93. The van der Waals surface area contributed by atoms with Gasteiger partial charge in [-0.3, -0.25) is 4.79 Å². The molecule has 23 heavy (non-hydrogen) atoms. The molecule has 0 saturated carbocycles. The van der Waals surface area contributed by atoms with Crippen LogP contribution in [0.4, 0.5) is 4.79 Å². The van der Waals surface area contributed by atoms with Crippen LogP contribution in [0.3, 0.4) is 0 Å². The predicted octanol–water partition coefficient (Wildman–Crippen LogP) is 0.801. The molecule has 124 valence electrons. The van der Waals surface area contributed by atoms with E-state index in [1.165, 1.54) is 6.07 Å². The number of carbonyl (C=O) groups is 3. The van der Waals surface area contributed by atoms with Crippen molar-refractivity contribution in [2.24, 2.45) is 0 Å². The lowest BCUT2D eigenvalue weighted by Crippen LogP contribution is -2.53. The number of carboxylic acid groups (broad SMARTS) is 1. The largest absolute Gasteiger partial charge is 0.478 e. The molecule has 2 rings (SSSR count). The first-order valence-electron chi connectivity index (χ1n) is 7.64. The van der Waals surface area contributed by atoms with Crippen molar-refractivity contribution in [1.29, 1.82) is 0 Å². The molecular formula is C16H21N3O4. The van der Waals surface area contributed by atoms with Gasteiger partial charge in [0, 0.05) is 32.7 Å². The Kier molecular flexibility index (Phi) is 5.56. The maximum atomic E-state index is 12.4. The molecule has 1 fully saturated rings. The number of hydrogen-bond acceptors (Lipinski definition) is 3. The summed E-state index contributed by atoms with van der Waals surface area (Å²) in [7, 11) is 0. The van der Waals surface area contributed by atoms with Crippen molar-refractivity contribution in [3.05, 3.63) is 35.4 Å². The van der Waals surface area contributed by atoms with Crippen LogP contribution >= 0.6 is 0 Å². The van der Waals surface area contributed by atoms with E-state index in [-0.39, 0.29) is 23.9 Å². The van der Waals surface area contributed by atoms with Gasteiger partial charge in [0.15, 0.2) is 0 Å². The number of urea groups is 1. The zero-order chi connectivity index (χ0) is 16.8. The van der Waals surface area contributed by atoms with Gasteiger partial charge >= 0.3 is 12.0 Å². The second-order valence-electron chi connectivity index (χ2n) is 5.34. The number of carbonyl (C=O) groups excluding carboxylic acids is 2. The first-order valence-corrected chi connectivity index (χ1v) is 7.64. The van der Waals surface area contributed by atoms with Crippen LogP contribution in [0, 0.1) is 0 Å². The van der Waals surface area contributed by atoms with Gasteiger partial charge in [-0.15, -0.1) is 0 Å². The van der Waals surface area contributed by atoms with Crippen molar-refractivity contribution in [2.45, 2.75) is 13.3 Å². The van der Waals surface area contributed by atoms with Crippen LogP contribution in [0.5, 0.6) is 0 Å². The molecule has 1 aliphatic rings. The highest BCUT2D eigenvalue weighted by Crippen LogP contribution is 2.12. The molecule has 0 atom stereocenters. The van der Waals surface area contributed by atoms with Crippen LogP contribution in [0.1, 0.15) is 22.8 Å². The highest BCUT2D eigenvalue weighted by molar-refractivity contribution is 5.91. The lowest BCUT2D eigenvalue weighted by atomic mass is 10.0. The number of hydrogen-bond donors (Lipinski definition) is 2. The molecular weight excluding hydrogens is 298 g/mol. The van der Waals surface area contributed by atoms with Crippen molar-refractivity contribution in [3.63, 3.8) is 0 Å². The molecule has 2 N–H and O–H groups in total. The second kappa shape index (κ2) is 7.62. The van der Waals surface area contributed by atoms with Gasteiger partial charge in [0.2, 0.25) is 5.91 Å². The van der Waals surface area contributed by atoms with E-state index in [4.69, 9.17) is 5.11 Å². The van der Waals surface area contributed by atoms with Crippen molar-refractivity contribution in [3.8, 4) is 0 Å². The van der Waals surface area contributed by atoms with E-state index in [1.54, 1.807) is 28.0 Å². The van der Waals surface area contributed by atoms with E-state index in [0.29, 0.717) is 38.3 Å². The molecule has 0 spiro atoms. The van der Waals surface area contributed by atoms with Crippen molar-refractivity contribution in [2.75, 3.05) is 32.7 Å². The number of piperazine rings is 1. The van der Waals surface area contributed by atoms with Crippen LogP contribution in [0.2, 0.25) is 0 Å². The molecule has 1 heterocycles. The summed E-state index contributed by atoms with van der Waals surface area (Å²) in [6, 6.07) is 6.41. The monoisotopic (exact) mass is 319 g/mol. The number of benzene rings is 1. The summed E-state index contributed by atoms with van der Waals surface area (Å²) in [4.78, 5) is 38.6. The number of amides is 3. The van der Waals surface area contributed by atoms with Crippen LogP contribution in [-0.2, 0) is 11.2 Å². The van der Waals surface area contributed by atoms with Crippen LogP contribution < -0.4 is 5.32 Å². The third kappa shape index (κ3) is 4.21. The highest BCUT2D eigenvalue weighted by Gasteiger charge is 2.24. The number of aromatic carboxylic acids is 1. The average molecular weight is 319 g/mol. The molecule has 7 heteroatoms. The molecule has 0 unspecified atom stereocenters. The van der Waals surface area contributed by atoms with E-state index < -0.39 is 5.97 Å².